The van der Waals surface area contributed by atoms with Crippen molar-refractivity contribution in [3.05, 3.63) is 71.8 Å². The Hall–Kier alpha value is -3.15. The average molecular weight is 353 g/mol. The Kier molecular flexibility index (Phi) is 7.36. The lowest BCUT2D eigenvalue weighted by molar-refractivity contribution is -0.305. The Labute approximate surface area is 152 Å². The van der Waals surface area contributed by atoms with E-state index in [-0.39, 0.29) is 37.7 Å². The van der Waals surface area contributed by atoms with Gasteiger partial charge in [-0.3, -0.25) is 9.59 Å². The first-order valence-corrected chi connectivity index (χ1v) is 8.42. The van der Waals surface area contributed by atoms with E-state index in [2.05, 4.69) is 10.6 Å². The number of carboxylic acid groups (broad SMARTS) is 1. The maximum Gasteiger partial charge on any atom is 0.232 e. The molecule has 2 amide bonds. The lowest BCUT2D eigenvalue weighted by atomic mass is 9.90. The van der Waals surface area contributed by atoms with Gasteiger partial charge in [0.15, 0.2) is 0 Å². The van der Waals surface area contributed by atoms with E-state index < -0.39 is 11.9 Å². The molecule has 0 spiro atoms. The molecule has 0 radical (unpaired) electrons. The van der Waals surface area contributed by atoms with Gasteiger partial charge in [0.2, 0.25) is 11.8 Å². The summed E-state index contributed by atoms with van der Waals surface area (Å²) in [7, 11) is 0. The van der Waals surface area contributed by atoms with E-state index in [4.69, 9.17) is 0 Å². The van der Waals surface area contributed by atoms with Gasteiger partial charge >= 0.3 is 0 Å². The van der Waals surface area contributed by atoms with Crippen LogP contribution in [0.4, 0.5) is 0 Å². The fourth-order valence-electron chi connectivity index (χ4n) is 2.58. The molecule has 2 aromatic carbocycles. The molecular formula is C20H21N2O4-. The molecule has 2 N–H and O–H groups in total. The molecule has 0 unspecified atom stereocenters. The van der Waals surface area contributed by atoms with Gasteiger partial charge in [-0.2, -0.15) is 0 Å². The summed E-state index contributed by atoms with van der Waals surface area (Å²) in [5, 5.41) is 15.6. The largest absolute Gasteiger partial charge is 0.550 e. The number of carbonyl (C=O) groups excluding carboxylic acids is 3. The number of aliphatic carboxylic acids is 1. The van der Waals surface area contributed by atoms with Gasteiger partial charge in [0.25, 0.3) is 0 Å². The SMILES string of the molecule is O=C([O-])CCNC(=O)CCNC(=O)C(c1ccccc1)c1ccccc1. The second kappa shape index (κ2) is 9.98. The summed E-state index contributed by atoms with van der Waals surface area (Å²) >= 11 is 0. The summed E-state index contributed by atoms with van der Waals surface area (Å²) in [5.74, 6) is -2.18. The van der Waals surface area contributed by atoms with E-state index in [1.165, 1.54) is 0 Å². The first-order valence-electron chi connectivity index (χ1n) is 8.42. The highest BCUT2D eigenvalue weighted by molar-refractivity contribution is 5.87. The van der Waals surface area contributed by atoms with Crippen LogP contribution in [0.5, 0.6) is 0 Å². The van der Waals surface area contributed by atoms with E-state index in [1.807, 2.05) is 60.7 Å². The van der Waals surface area contributed by atoms with Crippen molar-refractivity contribution in [2.45, 2.75) is 18.8 Å². The second-order valence-corrected chi connectivity index (χ2v) is 5.77. The summed E-state index contributed by atoms with van der Waals surface area (Å²) < 4.78 is 0. The third-order valence-electron chi connectivity index (χ3n) is 3.83. The zero-order chi connectivity index (χ0) is 18.8. The average Bonchev–Trinajstić information content (AvgIpc) is 2.63. The van der Waals surface area contributed by atoms with Crippen molar-refractivity contribution in [3.63, 3.8) is 0 Å². The highest BCUT2D eigenvalue weighted by atomic mass is 16.4. The van der Waals surface area contributed by atoms with Crippen molar-refractivity contribution in [3.8, 4) is 0 Å². The summed E-state index contributed by atoms with van der Waals surface area (Å²) in [5.41, 5.74) is 1.74. The molecule has 136 valence electrons. The predicted octanol–water partition coefficient (Wildman–Crippen LogP) is 0.581. The Balaban J connectivity index is 1.93. The fraction of sp³-hybridized carbons (Fsp3) is 0.250. The summed E-state index contributed by atoms with van der Waals surface area (Å²) in [6.45, 7) is 0.192. The van der Waals surface area contributed by atoms with Crippen LogP contribution in [0.3, 0.4) is 0 Å². The molecule has 0 atom stereocenters. The number of hydrogen-bond acceptors (Lipinski definition) is 4. The van der Waals surface area contributed by atoms with Crippen LogP contribution in [0.15, 0.2) is 60.7 Å². The van der Waals surface area contributed by atoms with Crippen molar-refractivity contribution in [2.75, 3.05) is 13.1 Å². The molecular weight excluding hydrogens is 332 g/mol. The minimum Gasteiger partial charge on any atom is -0.550 e. The lowest BCUT2D eigenvalue weighted by Gasteiger charge is -2.18. The highest BCUT2D eigenvalue weighted by Crippen LogP contribution is 2.24. The van der Waals surface area contributed by atoms with Gasteiger partial charge in [-0.05, 0) is 11.1 Å². The summed E-state index contributed by atoms with van der Waals surface area (Å²) in [4.78, 5) is 34.6. The van der Waals surface area contributed by atoms with Crippen molar-refractivity contribution >= 4 is 17.8 Å². The monoisotopic (exact) mass is 353 g/mol. The normalized spacial score (nSPS) is 10.3. The first kappa shape index (κ1) is 19.2. The molecule has 0 aliphatic rings. The van der Waals surface area contributed by atoms with E-state index in [0.29, 0.717) is 0 Å². The quantitative estimate of drug-likeness (QED) is 0.689. The van der Waals surface area contributed by atoms with Crippen molar-refractivity contribution in [1.29, 1.82) is 0 Å². The van der Waals surface area contributed by atoms with Gasteiger partial charge in [-0.15, -0.1) is 0 Å². The first-order chi connectivity index (χ1) is 12.6. The topological polar surface area (TPSA) is 98.3 Å². The zero-order valence-corrected chi connectivity index (χ0v) is 14.3. The third-order valence-corrected chi connectivity index (χ3v) is 3.83. The molecule has 26 heavy (non-hydrogen) atoms. The number of benzene rings is 2. The molecule has 0 aromatic heterocycles. The van der Waals surface area contributed by atoms with Crippen LogP contribution in [0.25, 0.3) is 0 Å². The molecule has 6 heteroatoms. The van der Waals surface area contributed by atoms with Crippen molar-refractivity contribution in [1.82, 2.24) is 10.6 Å². The molecule has 0 aliphatic carbocycles. The van der Waals surface area contributed by atoms with Crippen molar-refractivity contribution < 1.29 is 19.5 Å². The molecule has 0 aliphatic heterocycles. The second-order valence-electron chi connectivity index (χ2n) is 5.77. The smallest absolute Gasteiger partial charge is 0.232 e. The molecule has 2 aromatic rings. The van der Waals surface area contributed by atoms with E-state index in [1.54, 1.807) is 0 Å². The number of carboxylic acids is 1. The fourth-order valence-corrected chi connectivity index (χ4v) is 2.58. The number of rotatable bonds is 9. The summed E-state index contributed by atoms with van der Waals surface area (Å²) in [6, 6.07) is 18.9. The van der Waals surface area contributed by atoms with Crippen LogP contribution < -0.4 is 15.7 Å². The Morgan fingerprint density at radius 2 is 1.27 bits per heavy atom. The van der Waals surface area contributed by atoms with Gasteiger partial charge in [0, 0.05) is 31.9 Å². The Morgan fingerprint density at radius 3 is 1.77 bits per heavy atom. The third kappa shape index (κ3) is 6.05. The maximum atomic E-state index is 12.7. The molecule has 0 fully saturated rings. The van der Waals surface area contributed by atoms with Gasteiger partial charge in [-0.25, -0.2) is 0 Å². The van der Waals surface area contributed by atoms with Crippen LogP contribution in [0.2, 0.25) is 0 Å². The molecule has 0 heterocycles. The molecule has 0 saturated carbocycles. The van der Waals surface area contributed by atoms with Gasteiger partial charge in [-0.1, -0.05) is 60.7 Å². The minimum atomic E-state index is -1.22. The number of hydrogen-bond donors (Lipinski definition) is 2. The standard InChI is InChI=1S/C20H22N2O4/c23-17(21-14-12-18(24)25)11-13-22-20(26)19(15-7-3-1-4-8-15)16-9-5-2-6-10-16/h1-10,19H,11-14H2,(H,21,23)(H,22,26)(H,24,25)/p-1. The molecule has 2 rings (SSSR count). The number of carbonyl (C=O) groups is 3. The van der Waals surface area contributed by atoms with E-state index in [9.17, 15) is 19.5 Å². The predicted molar refractivity (Wildman–Crippen MR) is 95.0 cm³/mol. The molecule has 0 saturated heterocycles. The van der Waals surface area contributed by atoms with Crippen LogP contribution in [0, 0.1) is 0 Å². The van der Waals surface area contributed by atoms with Crippen LogP contribution in [-0.4, -0.2) is 30.9 Å². The zero-order valence-electron chi connectivity index (χ0n) is 14.3. The molecule has 0 bridgehead atoms. The van der Waals surface area contributed by atoms with Gasteiger partial charge in [0.1, 0.15) is 0 Å². The number of nitrogens with one attached hydrogen (secondary N) is 2. The van der Waals surface area contributed by atoms with E-state index >= 15 is 0 Å². The highest BCUT2D eigenvalue weighted by Gasteiger charge is 2.22. The van der Waals surface area contributed by atoms with Gasteiger partial charge < -0.3 is 20.5 Å². The lowest BCUT2D eigenvalue weighted by Crippen LogP contribution is -2.35. The Morgan fingerprint density at radius 1 is 0.769 bits per heavy atom. The summed E-state index contributed by atoms with van der Waals surface area (Å²) in [6.07, 6.45) is -0.155. The molecule has 6 nitrogen and oxygen atoms in total. The Bertz CT molecular complexity index is 692. The maximum absolute atomic E-state index is 12.7. The van der Waals surface area contributed by atoms with Crippen molar-refractivity contribution in [2.24, 2.45) is 0 Å². The van der Waals surface area contributed by atoms with Crippen LogP contribution in [0.1, 0.15) is 29.9 Å². The van der Waals surface area contributed by atoms with E-state index in [0.717, 1.165) is 11.1 Å². The minimum absolute atomic E-state index is 0.0196. The van der Waals surface area contributed by atoms with Gasteiger partial charge in [0.05, 0.1) is 5.92 Å². The number of amides is 2. The van der Waals surface area contributed by atoms with Crippen LogP contribution >= 0.6 is 0 Å². The van der Waals surface area contributed by atoms with Crippen LogP contribution in [-0.2, 0) is 14.4 Å².